The molecule has 0 aliphatic carbocycles. The van der Waals surface area contributed by atoms with E-state index in [0.717, 1.165) is 24.3 Å². The van der Waals surface area contributed by atoms with Gasteiger partial charge < -0.3 is 15.2 Å². The van der Waals surface area contributed by atoms with Crippen LogP contribution in [0.1, 0.15) is 31.4 Å². The second-order valence-corrected chi connectivity index (χ2v) is 5.99. The first kappa shape index (κ1) is 20.1. The zero-order valence-corrected chi connectivity index (χ0v) is 13.7. The monoisotopic (exact) mass is 365 g/mol. The number of benzene rings is 1. The Balaban J connectivity index is 2.76. The number of carboxylic acid groups (broad SMARTS) is 1. The van der Waals surface area contributed by atoms with Gasteiger partial charge in [-0.1, -0.05) is 19.1 Å². The van der Waals surface area contributed by atoms with Gasteiger partial charge in [-0.05, 0) is 29.9 Å². The van der Waals surface area contributed by atoms with E-state index in [1.54, 1.807) is 0 Å². The molecule has 0 saturated heterocycles. The van der Waals surface area contributed by atoms with Crippen molar-refractivity contribution < 1.29 is 32.6 Å². The van der Waals surface area contributed by atoms with Crippen LogP contribution >= 0.6 is 11.8 Å². The van der Waals surface area contributed by atoms with Crippen molar-refractivity contribution in [2.45, 2.75) is 32.2 Å². The predicted molar refractivity (Wildman–Crippen MR) is 83.9 cm³/mol. The van der Waals surface area contributed by atoms with Gasteiger partial charge in [-0.25, -0.2) is 0 Å². The molecule has 0 aliphatic heterocycles. The van der Waals surface area contributed by atoms with Crippen LogP contribution in [0.2, 0.25) is 0 Å². The standard InChI is InChI=1S/C15H18F3NO4S/c1-2-7-24-9-13(20)19-12(8-14(21)22)10-3-5-11(6-4-10)23-15(16,17)18/h3-6,12H,2,7-9H2,1H3,(H,19,20)(H,21,22). The molecule has 1 unspecified atom stereocenters. The zero-order valence-electron chi connectivity index (χ0n) is 12.9. The minimum atomic E-state index is -4.80. The van der Waals surface area contributed by atoms with Crippen LogP contribution in [0.25, 0.3) is 0 Å². The number of rotatable bonds is 9. The lowest BCUT2D eigenvalue weighted by molar-refractivity contribution is -0.274. The van der Waals surface area contributed by atoms with Gasteiger partial charge in [0.15, 0.2) is 0 Å². The van der Waals surface area contributed by atoms with Crippen molar-refractivity contribution in [3.8, 4) is 5.75 Å². The highest BCUT2D eigenvalue weighted by Crippen LogP contribution is 2.25. The number of aliphatic carboxylic acids is 1. The number of amides is 1. The van der Waals surface area contributed by atoms with Crippen LogP contribution in [0.15, 0.2) is 24.3 Å². The van der Waals surface area contributed by atoms with E-state index in [1.807, 2.05) is 6.92 Å². The lowest BCUT2D eigenvalue weighted by Crippen LogP contribution is -2.31. The van der Waals surface area contributed by atoms with Gasteiger partial charge in [0.05, 0.1) is 18.2 Å². The Labute approximate surface area is 141 Å². The van der Waals surface area contributed by atoms with Crippen molar-refractivity contribution >= 4 is 23.6 Å². The van der Waals surface area contributed by atoms with Crippen LogP contribution in [0.4, 0.5) is 13.2 Å². The molecular formula is C15H18F3NO4S. The molecule has 1 rings (SSSR count). The first-order valence-electron chi connectivity index (χ1n) is 7.16. The third-order valence-corrected chi connectivity index (χ3v) is 3.97. The highest BCUT2D eigenvalue weighted by atomic mass is 32.2. The first-order valence-corrected chi connectivity index (χ1v) is 8.31. The fourth-order valence-electron chi connectivity index (χ4n) is 1.87. The molecule has 5 nitrogen and oxygen atoms in total. The Morgan fingerprint density at radius 1 is 1.29 bits per heavy atom. The summed E-state index contributed by atoms with van der Waals surface area (Å²) < 4.78 is 40.2. The number of ether oxygens (including phenoxy) is 1. The molecule has 0 fully saturated rings. The van der Waals surface area contributed by atoms with E-state index < -0.39 is 24.1 Å². The van der Waals surface area contributed by atoms with Gasteiger partial charge in [-0.2, -0.15) is 11.8 Å². The molecule has 1 amide bonds. The fraction of sp³-hybridized carbons (Fsp3) is 0.467. The van der Waals surface area contributed by atoms with E-state index in [-0.39, 0.29) is 18.1 Å². The molecular weight excluding hydrogens is 347 g/mol. The number of alkyl halides is 3. The van der Waals surface area contributed by atoms with Crippen LogP contribution in [-0.4, -0.2) is 34.9 Å². The Morgan fingerprint density at radius 3 is 2.42 bits per heavy atom. The van der Waals surface area contributed by atoms with Crippen LogP contribution < -0.4 is 10.1 Å². The third kappa shape index (κ3) is 8.09. The second-order valence-electron chi connectivity index (χ2n) is 4.89. The topological polar surface area (TPSA) is 75.6 Å². The summed E-state index contributed by atoms with van der Waals surface area (Å²) >= 11 is 1.42. The number of hydrogen-bond acceptors (Lipinski definition) is 4. The van der Waals surface area contributed by atoms with E-state index in [0.29, 0.717) is 5.56 Å². The molecule has 0 radical (unpaired) electrons. The molecule has 0 spiro atoms. The van der Waals surface area contributed by atoms with Gasteiger partial charge in [-0.3, -0.25) is 9.59 Å². The molecule has 0 saturated carbocycles. The zero-order chi connectivity index (χ0) is 18.2. The lowest BCUT2D eigenvalue weighted by Gasteiger charge is -2.18. The van der Waals surface area contributed by atoms with E-state index in [1.165, 1.54) is 23.9 Å². The number of carbonyl (C=O) groups excluding carboxylic acids is 1. The highest BCUT2D eigenvalue weighted by molar-refractivity contribution is 7.99. The highest BCUT2D eigenvalue weighted by Gasteiger charge is 2.31. The maximum atomic E-state index is 12.1. The van der Waals surface area contributed by atoms with E-state index in [9.17, 15) is 22.8 Å². The molecule has 0 bridgehead atoms. The predicted octanol–water partition coefficient (Wildman–Crippen LogP) is 3.36. The Kier molecular flexibility index (Phi) is 7.90. The molecule has 24 heavy (non-hydrogen) atoms. The van der Waals surface area contributed by atoms with Gasteiger partial charge in [0, 0.05) is 0 Å². The van der Waals surface area contributed by atoms with Crippen LogP contribution in [0.5, 0.6) is 5.75 Å². The van der Waals surface area contributed by atoms with Crippen molar-refractivity contribution in [1.29, 1.82) is 0 Å². The first-order chi connectivity index (χ1) is 11.2. The van der Waals surface area contributed by atoms with Gasteiger partial charge in [0.2, 0.25) is 5.91 Å². The molecule has 1 aromatic rings. The molecule has 0 heterocycles. The van der Waals surface area contributed by atoms with Gasteiger partial charge in [0.25, 0.3) is 0 Å². The largest absolute Gasteiger partial charge is 0.573 e. The van der Waals surface area contributed by atoms with Crippen LogP contribution in [-0.2, 0) is 9.59 Å². The minimum Gasteiger partial charge on any atom is -0.481 e. The molecule has 1 atom stereocenters. The Morgan fingerprint density at radius 2 is 1.92 bits per heavy atom. The molecule has 1 aromatic carbocycles. The number of nitrogens with one attached hydrogen (secondary N) is 1. The summed E-state index contributed by atoms with van der Waals surface area (Å²) in [5.41, 5.74) is 0.390. The number of halogens is 3. The maximum absolute atomic E-state index is 12.1. The Bertz CT molecular complexity index is 549. The fourth-order valence-corrected chi connectivity index (χ4v) is 2.58. The summed E-state index contributed by atoms with van der Waals surface area (Å²) in [5, 5.41) is 11.5. The number of carbonyl (C=O) groups is 2. The summed E-state index contributed by atoms with van der Waals surface area (Å²) in [5.74, 6) is -0.864. The van der Waals surface area contributed by atoms with Crippen LogP contribution in [0, 0.1) is 0 Å². The van der Waals surface area contributed by atoms with Gasteiger partial charge in [-0.15, -0.1) is 13.2 Å². The van der Waals surface area contributed by atoms with Gasteiger partial charge >= 0.3 is 12.3 Å². The van der Waals surface area contributed by atoms with Crippen molar-refractivity contribution in [3.05, 3.63) is 29.8 Å². The summed E-state index contributed by atoms with van der Waals surface area (Å²) in [7, 11) is 0. The quantitative estimate of drug-likeness (QED) is 0.657. The van der Waals surface area contributed by atoms with Crippen LogP contribution in [0.3, 0.4) is 0 Å². The smallest absolute Gasteiger partial charge is 0.481 e. The summed E-state index contributed by atoms with van der Waals surface area (Å²) in [6, 6.07) is 3.94. The Hall–Kier alpha value is -1.90. The summed E-state index contributed by atoms with van der Waals surface area (Å²) in [6.07, 6.45) is -4.26. The van der Waals surface area contributed by atoms with Gasteiger partial charge in [0.1, 0.15) is 5.75 Å². The van der Waals surface area contributed by atoms with Crippen molar-refractivity contribution in [2.75, 3.05) is 11.5 Å². The maximum Gasteiger partial charge on any atom is 0.573 e. The average Bonchev–Trinajstić information content (AvgIpc) is 2.45. The van der Waals surface area contributed by atoms with E-state index in [2.05, 4.69) is 10.1 Å². The molecule has 9 heteroatoms. The summed E-state index contributed by atoms with van der Waals surface area (Å²) in [4.78, 5) is 22.8. The SMILES string of the molecule is CCCSCC(=O)NC(CC(=O)O)c1ccc(OC(F)(F)F)cc1. The second kappa shape index (κ2) is 9.41. The molecule has 0 aliphatic rings. The normalized spacial score (nSPS) is 12.5. The number of carboxylic acids is 1. The lowest BCUT2D eigenvalue weighted by atomic mass is 10.0. The average molecular weight is 365 g/mol. The molecule has 0 aromatic heterocycles. The number of thioether (sulfide) groups is 1. The van der Waals surface area contributed by atoms with Crippen molar-refractivity contribution in [1.82, 2.24) is 5.32 Å². The third-order valence-electron chi connectivity index (χ3n) is 2.81. The molecule has 2 N–H and O–H groups in total. The van der Waals surface area contributed by atoms with Crippen molar-refractivity contribution in [2.24, 2.45) is 0 Å². The van der Waals surface area contributed by atoms with E-state index in [4.69, 9.17) is 5.11 Å². The molecule has 134 valence electrons. The van der Waals surface area contributed by atoms with Crippen molar-refractivity contribution in [3.63, 3.8) is 0 Å². The summed E-state index contributed by atoms with van der Waals surface area (Å²) in [6.45, 7) is 1.97. The van der Waals surface area contributed by atoms with E-state index >= 15 is 0 Å². The number of hydrogen-bond donors (Lipinski definition) is 2. The minimum absolute atomic E-state index is 0.194.